The van der Waals surface area contributed by atoms with Crippen LogP contribution in [0.1, 0.15) is 24.0 Å². The number of fused-ring (bicyclic) bond motifs is 3. The van der Waals surface area contributed by atoms with Gasteiger partial charge in [0.2, 0.25) is 0 Å². The molecule has 8 aromatic rings. The van der Waals surface area contributed by atoms with Gasteiger partial charge in [0.25, 0.3) is 0 Å². The molecule has 1 aliphatic carbocycles. The number of methoxy groups -OCH3 is 2. The average Bonchev–Trinajstić information content (AvgIpc) is 3.63. The summed E-state index contributed by atoms with van der Waals surface area (Å²) >= 11 is 0. The summed E-state index contributed by atoms with van der Waals surface area (Å²) in [6.45, 7) is 3.36. The van der Waals surface area contributed by atoms with Gasteiger partial charge in [-0.25, -0.2) is 0 Å². The van der Waals surface area contributed by atoms with Crippen molar-refractivity contribution in [3.05, 3.63) is 217 Å². The van der Waals surface area contributed by atoms with E-state index < -0.39 is 0 Å². The molecular formula is C59H56N2O4. The zero-order chi connectivity index (χ0) is 44.3. The minimum atomic E-state index is -0.369. The molecule has 0 saturated heterocycles. The first-order valence-electron chi connectivity index (χ1n) is 22.6. The van der Waals surface area contributed by atoms with Crippen LogP contribution in [0, 0.1) is 0 Å². The average molecular weight is 857 g/mol. The summed E-state index contributed by atoms with van der Waals surface area (Å²) in [5.41, 5.74) is 16.1. The standard InChI is InChI=1S/C59H56N2O4/c1-62-39-41-64-37-35-59(36-38-65-42-40-63-2)57-43-47(45-23-29-53(30-24-45)60(49-15-7-3-8-16-49)50-17-9-4-10-18-50)27-33-55(57)56-34-28-48(44-58(56)59)46-25-31-54(32-26-46)61(51-19-11-5-12-20-51)52-21-13-6-14-22-52/h3-34,43-44H,35-42H2,1-2H3. The summed E-state index contributed by atoms with van der Waals surface area (Å²) in [7, 11) is 3.44. The van der Waals surface area contributed by atoms with Crippen molar-refractivity contribution in [3.8, 4) is 33.4 Å². The lowest BCUT2D eigenvalue weighted by molar-refractivity contribution is 0.0491. The summed E-state index contributed by atoms with van der Waals surface area (Å²) in [5, 5.41) is 0. The Morgan fingerprint density at radius 1 is 0.323 bits per heavy atom. The quantitative estimate of drug-likeness (QED) is 0.0712. The lowest BCUT2D eigenvalue weighted by Crippen LogP contribution is -2.30. The number of nitrogens with zero attached hydrogens (tertiary/aromatic N) is 2. The molecule has 0 aromatic heterocycles. The summed E-state index contributed by atoms with van der Waals surface area (Å²) in [6, 6.07) is 74.2. The molecule has 0 unspecified atom stereocenters. The number of ether oxygens (including phenoxy) is 4. The molecule has 0 aliphatic heterocycles. The van der Waals surface area contributed by atoms with E-state index in [2.05, 4.69) is 216 Å². The van der Waals surface area contributed by atoms with Crippen LogP contribution in [0.4, 0.5) is 34.1 Å². The van der Waals surface area contributed by atoms with Crippen molar-refractivity contribution in [1.82, 2.24) is 0 Å². The van der Waals surface area contributed by atoms with Crippen LogP contribution in [0.25, 0.3) is 33.4 Å². The smallest absolute Gasteiger partial charge is 0.0700 e. The molecule has 1 aliphatic rings. The highest BCUT2D eigenvalue weighted by atomic mass is 16.5. The Bertz CT molecular complexity index is 2460. The fourth-order valence-electron chi connectivity index (χ4n) is 9.31. The Labute approximate surface area is 384 Å². The SMILES string of the molecule is COCCOCCC1(CCOCCOC)c2cc(-c3ccc(N(c4ccccc4)c4ccccc4)cc3)ccc2-c2ccc(-c3ccc(N(c4ccccc4)c4ccccc4)cc3)cc21. The molecule has 0 amide bonds. The van der Waals surface area contributed by atoms with E-state index in [1.54, 1.807) is 14.2 Å². The van der Waals surface area contributed by atoms with Gasteiger partial charge in [-0.3, -0.25) is 0 Å². The minimum Gasteiger partial charge on any atom is -0.382 e. The van der Waals surface area contributed by atoms with Crippen LogP contribution in [0.15, 0.2) is 206 Å². The number of benzene rings is 8. The third-order valence-corrected chi connectivity index (χ3v) is 12.5. The highest BCUT2D eigenvalue weighted by Crippen LogP contribution is 2.55. The highest BCUT2D eigenvalue weighted by Gasteiger charge is 2.43. The van der Waals surface area contributed by atoms with Crippen molar-refractivity contribution < 1.29 is 18.9 Å². The van der Waals surface area contributed by atoms with Gasteiger partial charge in [0.15, 0.2) is 0 Å². The summed E-state index contributed by atoms with van der Waals surface area (Å²) in [4.78, 5) is 4.60. The largest absolute Gasteiger partial charge is 0.382 e. The lowest BCUT2D eigenvalue weighted by atomic mass is 9.72. The number of para-hydroxylation sites is 4. The first-order chi connectivity index (χ1) is 32.2. The van der Waals surface area contributed by atoms with Crippen LogP contribution in [0.3, 0.4) is 0 Å². The van der Waals surface area contributed by atoms with E-state index in [9.17, 15) is 0 Å². The molecule has 0 N–H and O–H groups in total. The van der Waals surface area contributed by atoms with E-state index in [1.165, 1.54) is 33.4 Å². The maximum Gasteiger partial charge on any atom is 0.0700 e. The molecule has 0 saturated carbocycles. The molecule has 0 bridgehead atoms. The van der Waals surface area contributed by atoms with Crippen LogP contribution < -0.4 is 9.80 Å². The summed E-state index contributed by atoms with van der Waals surface area (Å²) < 4.78 is 23.3. The van der Waals surface area contributed by atoms with E-state index in [4.69, 9.17) is 18.9 Å². The topological polar surface area (TPSA) is 43.4 Å². The van der Waals surface area contributed by atoms with Gasteiger partial charge >= 0.3 is 0 Å². The number of hydrogen-bond donors (Lipinski definition) is 0. The van der Waals surface area contributed by atoms with Crippen molar-refractivity contribution >= 4 is 34.1 Å². The van der Waals surface area contributed by atoms with Crippen molar-refractivity contribution in [2.45, 2.75) is 18.3 Å². The van der Waals surface area contributed by atoms with Crippen LogP contribution in [-0.4, -0.2) is 53.9 Å². The fraction of sp³-hybridized carbons (Fsp3) is 0.186. The molecule has 326 valence electrons. The lowest BCUT2D eigenvalue weighted by Gasteiger charge is -2.33. The van der Waals surface area contributed by atoms with Gasteiger partial charge in [0, 0.05) is 67.0 Å². The molecule has 0 atom stereocenters. The van der Waals surface area contributed by atoms with Crippen LogP contribution in [0.5, 0.6) is 0 Å². The molecule has 65 heavy (non-hydrogen) atoms. The Morgan fingerprint density at radius 2 is 0.631 bits per heavy atom. The van der Waals surface area contributed by atoms with Gasteiger partial charge in [0.05, 0.1) is 26.4 Å². The molecule has 6 heteroatoms. The van der Waals surface area contributed by atoms with Crippen molar-refractivity contribution in [3.63, 3.8) is 0 Å². The Hall–Kier alpha value is -6.80. The number of rotatable bonds is 20. The second-order valence-electron chi connectivity index (χ2n) is 16.4. The van der Waals surface area contributed by atoms with E-state index in [0.29, 0.717) is 39.6 Å². The monoisotopic (exact) mass is 856 g/mol. The third kappa shape index (κ3) is 9.54. The predicted molar refractivity (Wildman–Crippen MR) is 268 cm³/mol. The zero-order valence-electron chi connectivity index (χ0n) is 37.3. The molecular weight excluding hydrogens is 801 g/mol. The highest BCUT2D eigenvalue weighted by molar-refractivity contribution is 5.87. The summed E-state index contributed by atoms with van der Waals surface area (Å²) in [6.07, 6.45) is 1.59. The molecule has 6 nitrogen and oxygen atoms in total. The Morgan fingerprint density at radius 3 is 0.954 bits per heavy atom. The fourth-order valence-corrected chi connectivity index (χ4v) is 9.31. The second-order valence-corrected chi connectivity index (χ2v) is 16.4. The van der Waals surface area contributed by atoms with Crippen molar-refractivity contribution in [2.24, 2.45) is 0 Å². The van der Waals surface area contributed by atoms with E-state index >= 15 is 0 Å². The van der Waals surface area contributed by atoms with Crippen LogP contribution >= 0.6 is 0 Å². The zero-order valence-corrected chi connectivity index (χ0v) is 37.3. The van der Waals surface area contributed by atoms with Crippen molar-refractivity contribution in [2.75, 3.05) is 63.7 Å². The molecule has 0 heterocycles. The first kappa shape index (κ1) is 43.5. The van der Waals surface area contributed by atoms with Gasteiger partial charge in [-0.2, -0.15) is 0 Å². The Kier molecular flexibility index (Phi) is 13.9. The molecule has 8 aromatic carbocycles. The second kappa shape index (κ2) is 20.8. The molecule has 0 radical (unpaired) electrons. The van der Waals surface area contributed by atoms with Crippen molar-refractivity contribution in [1.29, 1.82) is 0 Å². The van der Waals surface area contributed by atoms with E-state index in [1.807, 2.05) is 0 Å². The van der Waals surface area contributed by atoms with Gasteiger partial charge in [0.1, 0.15) is 0 Å². The first-order valence-corrected chi connectivity index (χ1v) is 22.6. The third-order valence-electron chi connectivity index (χ3n) is 12.5. The predicted octanol–water partition coefficient (Wildman–Crippen LogP) is 14.3. The van der Waals surface area contributed by atoms with E-state index in [0.717, 1.165) is 58.1 Å². The van der Waals surface area contributed by atoms with Crippen LogP contribution in [-0.2, 0) is 24.4 Å². The van der Waals surface area contributed by atoms with Gasteiger partial charge in [-0.1, -0.05) is 121 Å². The number of anilines is 6. The Balaban J connectivity index is 1.09. The van der Waals surface area contributed by atoms with Gasteiger partial charge < -0.3 is 28.7 Å². The maximum atomic E-state index is 6.29. The molecule has 0 fully saturated rings. The summed E-state index contributed by atoms with van der Waals surface area (Å²) in [5.74, 6) is 0. The maximum absolute atomic E-state index is 6.29. The number of hydrogen-bond acceptors (Lipinski definition) is 6. The molecule has 9 rings (SSSR count). The van der Waals surface area contributed by atoms with Gasteiger partial charge in [-0.05, 0) is 142 Å². The van der Waals surface area contributed by atoms with Gasteiger partial charge in [-0.15, -0.1) is 0 Å². The molecule has 0 spiro atoms. The minimum absolute atomic E-state index is 0.369. The normalized spacial score (nSPS) is 12.4. The van der Waals surface area contributed by atoms with E-state index in [-0.39, 0.29) is 5.41 Å². The van der Waals surface area contributed by atoms with Crippen LogP contribution in [0.2, 0.25) is 0 Å².